The molecule has 0 saturated heterocycles. The number of Topliss-reactive ketones (excluding diaryl/α,β-unsaturated/α-hetero) is 1. The van der Waals surface area contributed by atoms with Crippen molar-refractivity contribution < 1.29 is 4.79 Å². The van der Waals surface area contributed by atoms with Crippen LogP contribution in [-0.2, 0) is 4.79 Å². The zero-order valence-corrected chi connectivity index (χ0v) is 12.2. The summed E-state index contributed by atoms with van der Waals surface area (Å²) in [7, 11) is 0. The van der Waals surface area contributed by atoms with Crippen molar-refractivity contribution in [2.75, 3.05) is 0 Å². The lowest BCUT2D eigenvalue weighted by molar-refractivity contribution is -0.115. The lowest BCUT2D eigenvalue weighted by Crippen LogP contribution is -2.08. The number of allylic oxidation sites excluding steroid dienone is 2. The van der Waals surface area contributed by atoms with E-state index in [4.69, 9.17) is 0 Å². The quantitative estimate of drug-likeness (QED) is 0.649. The molecule has 0 radical (unpaired) electrons. The Labute approximate surface area is 107 Å². The van der Waals surface area contributed by atoms with E-state index in [1.54, 1.807) is 0 Å². The lowest BCUT2D eigenvalue weighted by Gasteiger charge is -2.18. The van der Waals surface area contributed by atoms with Crippen molar-refractivity contribution in [3.05, 3.63) is 11.1 Å². The third kappa shape index (κ3) is 3.69. The van der Waals surface area contributed by atoms with Crippen molar-refractivity contribution in [2.45, 2.75) is 66.7 Å². The van der Waals surface area contributed by atoms with Gasteiger partial charge in [-0.3, -0.25) is 4.79 Å². The maximum Gasteiger partial charge on any atom is 0.159 e. The van der Waals surface area contributed by atoms with Crippen LogP contribution in [0.15, 0.2) is 11.1 Å². The Bertz CT molecular complexity index is 299. The van der Waals surface area contributed by atoms with Gasteiger partial charge in [0, 0.05) is 6.42 Å². The molecule has 0 amide bonds. The topological polar surface area (TPSA) is 17.1 Å². The van der Waals surface area contributed by atoms with Gasteiger partial charge in [0.05, 0.1) is 0 Å². The van der Waals surface area contributed by atoms with E-state index in [-0.39, 0.29) is 0 Å². The van der Waals surface area contributed by atoms with Crippen LogP contribution in [0, 0.1) is 17.8 Å². The van der Waals surface area contributed by atoms with Gasteiger partial charge in [-0.25, -0.2) is 0 Å². The average molecular weight is 236 g/mol. The molecular formula is C16H28O. The number of hydrogen-bond acceptors (Lipinski definition) is 1. The molecule has 0 bridgehead atoms. The van der Waals surface area contributed by atoms with Crippen LogP contribution in [0.1, 0.15) is 66.7 Å². The highest BCUT2D eigenvalue weighted by Gasteiger charge is 2.27. The van der Waals surface area contributed by atoms with Crippen molar-refractivity contribution in [3.8, 4) is 0 Å². The summed E-state index contributed by atoms with van der Waals surface area (Å²) in [4.78, 5) is 11.9. The first-order valence-corrected chi connectivity index (χ1v) is 7.23. The monoisotopic (exact) mass is 236 g/mol. The summed E-state index contributed by atoms with van der Waals surface area (Å²) in [6.07, 6.45) is 5.58. The minimum Gasteiger partial charge on any atom is -0.295 e. The van der Waals surface area contributed by atoms with Crippen LogP contribution in [0.2, 0.25) is 0 Å². The molecule has 0 aromatic heterocycles. The third-order valence-corrected chi connectivity index (χ3v) is 4.23. The average Bonchev–Trinajstić information content (AvgIpc) is 2.67. The van der Waals surface area contributed by atoms with Gasteiger partial charge in [0.25, 0.3) is 0 Å². The molecule has 0 N–H and O–H groups in total. The van der Waals surface area contributed by atoms with E-state index < -0.39 is 0 Å². The van der Waals surface area contributed by atoms with Crippen molar-refractivity contribution in [1.82, 2.24) is 0 Å². The second kappa shape index (κ2) is 6.37. The Morgan fingerprint density at radius 2 is 1.71 bits per heavy atom. The van der Waals surface area contributed by atoms with Crippen molar-refractivity contribution in [1.29, 1.82) is 0 Å². The molecule has 1 rings (SSSR count). The normalized spacial score (nSPS) is 20.2. The van der Waals surface area contributed by atoms with E-state index in [1.165, 1.54) is 24.8 Å². The largest absolute Gasteiger partial charge is 0.295 e. The van der Waals surface area contributed by atoms with E-state index in [0.717, 1.165) is 24.3 Å². The Kier molecular flexibility index (Phi) is 5.42. The maximum absolute atomic E-state index is 11.9. The predicted molar refractivity (Wildman–Crippen MR) is 74.0 cm³/mol. The van der Waals surface area contributed by atoms with Crippen molar-refractivity contribution >= 4 is 5.78 Å². The number of rotatable bonds is 6. The summed E-state index contributed by atoms with van der Waals surface area (Å²) in [5.74, 6) is 2.24. The van der Waals surface area contributed by atoms with Crippen LogP contribution < -0.4 is 0 Å². The van der Waals surface area contributed by atoms with E-state index in [1.807, 2.05) is 0 Å². The summed E-state index contributed by atoms with van der Waals surface area (Å²) >= 11 is 0. The molecule has 98 valence electrons. The zero-order chi connectivity index (χ0) is 13.0. The Morgan fingerprint density at radius 1 is 1.06 bits per heavy atom. The van der Waals surface area contributed by atoms with Gasteiger partial charge in [0.15, 0.2) is 5.78 Å². The van der Waals surface area contributed by atoms with E-state index >= 15 is 0 Å². The zero-order valence-electron chi connectivity index (χ0n) is 12.2. The highest BCUT2D eigenvalue weighted by molar-refractivity contribution is 5.99. The van der Waals surface area contributed by atoms with E-state index in [2.05, 4.69) is 34.6 Å². The first kappa shape index (κ1) is 14.5. The number of hydrogen-bond donors (Lipinski definition) is 0. The highest BCUT2D eigenvalue weighted by Crippen LogP contribution is 2.35. The van der Waals surface area contributed by atoms with Crippen LogP contribution in [-0.4, -0.2) is 5.78 Å². The molecule has 0 saturated carbocycles. The predicted octanol–water partition coefficient (Wildman–Crippen LogP) is 4.76. The summed E-state index contributed by atoms with van der Waals surface area (Å²) in [6, 6.07) is 0. The second-order valence-corrected chi connectivity index (χ2v) is 6.01. The molecule has 0 unspecified atom stereocenters. The molecule has 0 spiro atoms. The molecular weight excluding hydrogens is 208 g/mol. The smallest absolute Gasteiger partial charge is 0.159 e. The Hall–Kier alpha value is -0.590. The lowest BCUT2D eigenvalue weighted by atomic mass is 9.87. The van der Waals surface area contributed by atoms with Gasteiger partial charge in [-0.1, -0.05) is 53.0 Å². The van der Waals surface area contributed by atoms with Crippen LogP contribution in [0.4, 0.5) is 0 Å². The first-order valence-electron chi connectivity index (χ1n) is 7.23. The summed E-state index contributed by atoms with van der Waals surface area (Å²) < 4.78 is 0. The SMILES string of the molecule is CC[C@@H](C)CC[C@@H](C)C1=C(C(C)C)C(=O)CC1. The molecule has 0 aromatic carbocycles. The van der Waals surface area contributed by atoms with Crippen LogP contribution in [0.3, 0.4) is 0 Å². The fraction of sp³-hybridized carbons (Fsp3) is 0.812. The molecule has 1 heteroatoms. The fourth-order valence-electron chi connectivity index (χ4n) is 2.81. The van der Waals surface area contributed by atoms with Gasteiger partial charge in [-0.15, -0.1) is 0 Å². The summed E-state index contributed by atoms with van der Waals surface area (Å²) in [6.45, 7) is 11.2. The number of ketones is 1. The fourth-order valence-corrected chi connectivity index (χ4v) is 2.81. The number of carbonyl (C=O) groups is 1. The van der Waals surface area contributed by atoms with E-state index in [9.17, 15) is 4.79 Å². The molecule has 1 aliphatic rings. The van der Waals surface area contributed by atoms with Gasteiger partial charge >= 0.3 is 0 Å². The molecule has 1 aliphatic carbocycles. The van der Waals surface area contributed by atoms with Gasteiger partial charge in [0.2, 0.25) is 0 Å². The Morgan fingerprint density at radius 3 is 2.24 bits per heavy atom. The standard InChI is InChI=1S/C16H28O/c1-6-12(4)7-8-13(5)14-9-10-15(17)16(14)11(2)3/h11-13H,6-10H2,1-5H3/t12-,13-/m1/s1. The number of carbonyl (C=O) groups excluding carboxylic acids is 1. The van der Waals surface area contributed by atoms with Crippen LogP contribution in [0.5, 0.6) is 0 Å². The highest BCUT2D eigenvalue weighted by atomic mass is 16.1. The van der Waals surface area contributed by atoms with Crippen molar-refractivity contribution in [2.24, 2.45) is 17.8 Å². The molecule has 0 aromatic rings. The maximum atomic E-state index is 11.9. The first-order chi connectivity index (χ1) is 7.97. The summed E-state index contributed by atoms with van der Waals surface area (Å²) in [5.41, 5.74) is 2.62. The Balaban J connectivity index is 2.67. The minimum atomic E-state index is 0.408. The van der Waals surface area contributed by atoms with Gasteiger partial charge in [-0.2, -0.15) is 0 Å². The summed E-state index contributed by atoms with van der Waals surface area (Å²) in [5, 5.41) is 0. The van der Waals surface area contributed by atoms with E-state index in [0.29, 0.717) is 17.6 Å². The third-order valence-electron chi connectivity index (χ3n) is 4.23. The van der Waals surface area contributed by atoms with Crippen LogP contribution in [0.25, 0.3) is 0 Å². The van der Waals surface area contributed by atoms with Gasteiger partial charge in [-0.05, 0) is 36.2 Å². The van der Waals surface area contributed by atoms with Gasteiger partial charge < -0.3 is 0 Å². The molecule has 0 heterocycles. The van der Waals surface area contributed by atoms with Gasteiger partial charge in [0.1, 0.15) is 0 Å². The molecule has 2 atom stereocenters. The molecule has 0 aliphatic heterocycles. The van der Waals surface area contributed by atoms with Crippen molar-refractivity contribution in [3.63, 3.8) is 0 Å². The molecule has 1 nitrogen and oxygen atoms in total. The molecule has 17 heavy (non-hydrogen) atoms. The second-order valence-electron chi connectivity index (χ2n) is 6.01. The van der Waals surface area contributed by atoms with Crippen LogP contribution >= 0.6 is 0 Å². The molecule has 0 fully saturated rings. The minimum absolute atomic E-state index is 0.408.